The van der Waals surface area contributed by atoms with E-state index in [0.717, 1.165) is 24.1 Å². The number of anilines is 1. The molecule has 0 saturated heterocycles. The summed E-state index contributed by atoms with van der Waals surface area (Å²) in [5.41, 5.74) is 4.76. The summed E-state index contributed by atoms with van der Waals surface area (Å²) in [5, 5.41) is 4.08. The Kier molecular flexibility index (Phi) is 8.68. The van der Waals surface area contributed by atoms with Crippen LogP contribution in [0.15, 0.2) is 76.6 Å². The van der Waals surface area contributed by atoms with Gasteiger partial charge in [0.25, 0.3) is 12.0 Å². The lowest BCUT2D eigenvalue weighted by Gasteiger charge is -2.16. The van der Waals surface area contributed by atoms with Gasteiger partial charge in [-0.15, -0.1) is 0 Å². The lowest BCUT2D eigenvalue weighted by atomic mass is 10.1. The molecule has 0 bridgehead atoms. The van der Waals surface area contributed by atoms with Gasteiger partial charge in [0.15, 0.2) is 5.75 Å². The molecule has 0 fully saturated rings. The fourth-order valence-corrected chi connectivity index (χ4v) is 3.65. The van der Waals surface area contributed by atoms with Crippen LogP contribution in [0.5, 0.6) is 11.5 Å². The molecule has 2 aromatic carbocycles. The van der Waals surface area contributed by atoms with Crippen LogP contribution < -0.4 is 20.3 Å². The maximum Gasteiger partial charge on any atom is 0.298 e. The number of pyridine rings is 1. The Balaban J connectivity index is 1.88. The van der Waals surface area contributed by atoms with E-state index in [1.165, 1.54) is 15.7 Å². The molecular formula is C28H32N2O4. The van der Waals surface area contributed by atoms with Gasteiger partial charge in [-0.25, -0.2) is 0 Å². The maximum absolute atomic E-state index is 12.9. The van der Waals surface area contributed by atoms with E-state index >= 15 is 0 Å². The molecule has 0 spiro atoms. The Bertz CT molecular complexity index is 1250. The molecule has 6 nitrogen and oxygen atoms in total. The molecule has 0 unspecified atom stereocenters. The zero-order valence-corrected chi connectivity index (χ0v) is 20.3. The van der Waals surface area contributed by atoms with Crippen molar-refractivity contribution in [3.05, 3.63) is 87.7 Å². The van der Waals surface area contributed by atoms with Gasteiger partial charge < -0.3 is 19.4 Å². The quantitative estimate of drug-likeness (QED) is 0.291. The summed E-state index contributed by atoms with van der Waals surface area (Å²) in [4.78, 5) is 24.0. The number of carbonyl (C=O) groups excluding carboxylic acids is 1. The summed E-state index contributed by atoms with van der Waals surface area (Å²) in [6, 6.07) is 15.8. The van der Waals surface area contributed by atoms with E-state index in [1.54, 1.807) is 7.05 Å². The molecule has 178 valence electrons. The van der Waals surface area contributed by atoms with Crippen LogP contribution in [0.3, 0.4) is 0 Å². The van der Waals surface area contributed by atoms with Crippen molar-refractivity contribution in [3.63, 3.8) is 0 Å². The lowest BCUT2D eigenvalue weighted by molar-refractivity contribution is -0.120. The van der Waals surface area contributed by atoms with Crippen LogP contribution in [0.2, 0.25) is 0 Å². The third kappa shape index (κ3) is 6.38. The van der Waals surface area contributed by atoms with E-state index in [4.69, 9.17) is 9.47 Å². The Morgan fingerprint density at radius 3 is 2.50 bits per heavy atom. The molecule has 3 aromatic rings. The largest absolute Gasteiger partial charge is 0.485 e. The molecule has 0 atom stereocenters. The number of ether oxygens (including phenoxy) is 2. The Labute approximate surface area is 200 Å². The SMILES string of the molecule is CC(C)=CCCC(C)=CCOc1c(OC=O)c(=O)n(C)c2cc(NCc3ccccc3)ccc12. The third-order valence-electron chi connectivity index (χ3n) is 5.56. The van der Waals surface area contributed by atoms with Gasteiger partial charge in [-0.3, -0.25) is 9.59 Å². The predicted octanol–water partition coefficient (Wildman–Crippen LogP) is 5.76. The van der Waals surface area contributed by atoms with E-state index in [1.807, 2.05) is 54.6 Å². The molecule has 0 aliphatic carbocycles. The summed E-state index contributed by atoms with van der Waals surface area (Å²) in [7, 11) is 1.65. The van der Waals surface area contributed by atoms with Crippen molar-refractivity contribution in [2.45, 2.75) is 40.2 Å². The number of benzene rings is 2. The van der Waals surface area contributed by atoms with Gasteiger partial charge in [-0.2, -0.15) is 0 Å². The lowest BCUT2D eigenvalue weighted by Crippen LogP contribution is -2.21. The number of fused-ring (bicyclic) bond motifs is 1. The minimum atomic E-state index is -0.431. The first-order valence-electron chi connectivity index (χ1n) is 11.4. The zero-order valence-electron chi connectivity index (χ0n) is 20.3. The Morgan fingerprint density at radius 2 is 1.79 bits per heavy atom. The second kappa shape index (κ2) is 11.9. The molecule has 0 aliphatic heterocycles. The fourth-order valence-electron chi connectivity index (χ4n) is 3.65. The monoisotopic (exact) mass is 460 g/mol. The average Bonchev–Trinajstić information content (AvgIpc) is 2.83. The maximum atomic E-state index is 12.9. The highest BCUT2D eigenvalue weighted by atomic mass is 16.5. The molecular weight excluding hydrogens is 428 g/mol. The molecule has 1 N–H and O–H groups in total. The average molecular weight is 461 g/mol. The topological polar surface area (TPSA) is 69.6 Å². The third-order valence-corrected chi connectivity index (χ3v) is 5.56. The second-order valence-electron chi connectivity index (χ2n) is 8.49. The van der Waals surface area contributed by atoms with Crippen LogP contribution in [0.4, 0.5) is 5.69 Å². The number of nitrogens with zero attached hydrogens (tertiary/aromatic N) is 1. The first kappa shape index (κ1) is 24.8. The second-order valence-corrected chi connectivity index (χ2v) is 8.49. The van der Waals surface area contributed by atoms with Crippen molar-refractivity contribution in [1.82, 2.24) is 4.57 Å². The minimum Gasteiger partial charge on any atom is -0.485 e. The van der Waals surface area contributed by atoms with Gasteiger partial charge in [0.1, 0.15) is 6.61 Å². The number of aryl methyl sites for hydroxylation is 1. The van der Waals surface area contributed by atoms with Gasteiger partial charge in [-0.05, 0) is 63.5 Å². The van der Waals surface area contributed by atoms with E-state index in [-0.39, 0.29) is 24.6 Å². The molecule has 34 heavy (non-hydrogen) atoms. The van der Waals surface area contributed by atoms with Crippen LogP contribution in [0.25, 0.3) is 10.9 Å². The van der Waals surface area contributed by atoms with Crippen LogP contribution >= 0.6 is 0 Å². The van der Waals surface area contributed by atoms with Crippen molar-refractivity contribution in [3.8, 4) is 11.5 Å². The van der Waals surface area contributed by atoms with Crippen molar-refractivity contribution < 1.29 is 14.3 Å². The smallest absolute Gasteiger partial charge is 0.298 e. The van der Waals surface area contributed by atoms with E-state index in [9.17, 15) is 9.59 Å². The number of aromatic nitrogens is 1. The zero-order chi connectivity index (χ0) is 24.5. The first-order valence-corrected chi connectivity index (χ1v) is 11.4. The number of hydrogen-bond donors (Lipinski definition) is 1. The molecule has 0 aliphatic rings. The van der Waals surface area contributed by atoms with Crippen molar-refractivity contribution in [1.29, 1.82) is 0 Å². The van der Waals surface area contributed by atoms with Gasteiger partial charge in [-0.1, -0.05) is 47.6 Å². The summed E-state index contributed by atoms with van der Waals surface area (Å²) < 4.78 is 12.5. The van der Waals surface area contributed by atoms with Gasteiger partial charge in [0, 0.05) is 24.7 Å². The molecule has 1 aromatic heterocycles. The molecule has 0 saturated carbocycles. The molecule has 6 heteroatoms. The van der Waals surface area contributed by atoms with Crippen LogP contribution in [0, 0.1) is 0 Å². The van der Waals surface area contributed by atoms with Crippen LogP contribution in [-0.4, -0.2) is 17.6 Å². The van der Waals surface area contributed by atoms with Crippen molar-refractivity contribution in [2.75, 3.05) is 11.9 Å². The number of nitrogens with one attached hydrogen (secondary N) is 1. The molecule has 3 rings (SSSR count). The first-order chi connectivity index (χ1) is 16.4. The van der Waals surface area contributed by atoms with Crippen LogP contribution in [-0.2, 0) is 18.4 Å². The van der Waals surface area contributed by atoms with Gasteiger partial charge in [0.2, 0.25) is 5.75 Å². The summed E-state index contributed by atoms with van der Waals surface area (Å²) in [6.45, 7) is 7.41. The number of rotatable bonds is 11. The van der Waals surface area contributed by atoms with Gasteiger partial charge in [0.05, 0.1) is 5.52 Å². The van der Waals surface area contributed by atoms with E-state index in [0.29, 0.717) is 17.4 Å². The van der Waals surface area contributed by atoms with Crippen molar-refractivity contribution >= 4 is 23.1 Å². The minimum absolute atomic E-state index is 0.106. The van der Waals surface area contributed by atoms with Gasteiger partial charge >= 0.3 is 0 Å². The molecule has 1 heterocycles. The molecule has 0 amide bonds. The number of allylic oxidation sites excluding steroid dienone is 3. The van der Waals surface area contributed by atoms with Crippen LogP contribution in [0.1, 0.15) is 39.2 Å². The highest BCUT2D eigenvalue weighted by Crippen LogP contribution is 2.34. The molecule has 0 radical (unpaired) electrons. The Morgan fingerprint density at radius 1 is 1.03 bits per heavy atom. The highest BCUT2D eigenvalue weighted by Gasteiger charge is 2.18. The number of carbonyl (C=O) groups is 1. The Hall–Kier alpha value is -3.80. The summed E-state index contributed by atoms with van der Waals surface area (Å²) >= 11 is 0. The normalized spacial score (nSPS) is 11.2. The number of hydrogen-bond acceptors (Lipinski definition) is 5. The summed E-state index contributed by atoms with van der Waals surface area (Å²) in [5.74, 6) is 0.166. The summed E-state index contributed by atoms with van der Waals surface area (Å²) in [6.07, 6.45) is 6.09. The van der Waals surface area contributed by atoms with Crippen molar-refractivity contribution in [2.24, 2.45) is 7.05 Å². The van der Waals surface area contributed by atoms with E-state index < -0.39 is 5.56 Å². The fraction of sp³-hybridized carbons (Fsp3) is 0.286. The standard InChI is InChI=1S/C28H32N2O4/c1-20(2)9-8-10-21(3)15-16-33-26-24-14-13-23(29-18-22-11-6-5-7-12-22)17-25(24)30(4)28(32)27(26)34-19-31/h5-7,9,11-15,17,19,29H,8,10,16,18H2,1-4H3. The highest BCUT2D eigenvalue weighted by molar-refractivity contribution is 5.90. The van der Waals surface area contributed by atoms with E-state index in [2.05, 4.69) is 32.2 Å². The predicted molar refractivity (Wildman–Crippen MR) is 138 cm³/mol.